The summed E-state index contributed by atoms with van der Waals surface area (Å²) in [4.78, 5) is 2.03. The molecule has 1 aromatic rings. The lowest BCUT2D eigenvalue weighted by atomic mass is 10.2. The van der Waals surface area contributed by atoms with Gasteiger partial charge in [-0.2, -0.15) is 0 Å². The number of rotatable bonds is 10. The molecule has 1 rings (SSSR count). The highest BCUT2D eigenvalue weighted by Crippen LogP contribution is 2.13. The van der Waals surface area contributed by atoms with Crippen LogP contribution in [0, 0.1) is 0 Å². The van der Waals surface area contributed by atoms with Crippen LogP contribution in [0.1, 0.15) is 12.5 Å². The maximum atomic E-state index is 9.93. The number of nitrogens with two attached hydrogens (primary N) is 1. The van der Waals surface area contributed by atoms with Crippen molar-refractivity contribution in [1.29, 1.82) is 0 Å². The summed E-state index contributed by atoms with van der Waals surface area (Å²) in [6.45, 7) is 5.48. The molecule has 0 aromatic heterocycles. The number of hydrogen-bond acceptors (Lipinski definition) is 5. The molecule has 1 atom stereocenters. The number of aliphatic hydroxyl groups is 1. The predicted molar refractivity (Wildman–Crippen MR) is 79.8 cm³/mol. The van der Waals surface area contributed by atoms with E-state index in [0.717, 1.165) is 24.5 Å². The second-order valence-electron chi connectivity index (χ2n) is 4.78. The molecule has 1 aromatic carbocycles. The molecule has 20 heavy (non-hydrogen) atoms. The van der Waals surface area contributed by atoms with Crippen LogP contribution in [-0.2, 0) is 11.3 Å². The number of nitrogens with zero attached hydrogens (tertiary/aromatic N) is 1. The van der Waals surface area contributed by atoms with Crippen molar-refractivity contribution in [1.82, 2.24) is 4.90 Å². The van der Waals surface area contributed by atoms with Crippen molar-refractivity contribution in [2.45, 2.75) is 19.6 Å². The summed E-state index contributed by atoms with van der Waals surface area (Å²) in [5.74, 6) is 0.740. The van der Waals surface area contributed by atoms with Crippen LogP contribution in [0.3, 0.4) is 0 Å². The smallest absolute Gasteiger partial charge is 0.119 e. The Kier molecular flexibility index (Phi) is 8.22. The van der Waals surface area contributed by atoms with Gasteiger partial charge in [0.05, 0.1) is 6.61 Å². The largest absolute Gasteiger partial charge is 0.491 e. The molecule has 0 fully saturated rings. The average molecular weight is 282 g/mol. The van der Waals surface area contributed by atoms with E-state index in [1.807, 2.05) is 43.1 Å². The van der Waals surface area contributed by atoms with Crippen molar-refractivity contribution in [3.05, 3.63) is 29.8 Å². The van der Waals surface area contributed by atoms with Crippen molar-refractivity contribution in [3.8, 4) is 5.75 Å². The Morgan fingerprint density at radius 2 is 2.20 bits per heavy atom. The van der Waals surface area contributed by atoms with Gasteiger partial charge in [0.15, 0.2) is 0 Å². The standard InChI is InChI=1S/C15H26N2O3/c1-3-19-8-7-17(2)11-14(18)12-20-15-6-4-5-13(9-15)10-16/h4-6,9,14,18H,3,7-8,10-12,16H2,1-2H3. The molecule has 0 aliphatic rings. The molecule has 0 bridgehead atoms. The van der Waals surface area contributed by atoms with Gasteiger partial charge in [-0.3, -0.25) is 0 Å². The van der Waals surface area contributed by atoms with E-state index in [1.165, 1.54) is 0 Å². The third kappa shape index (κ3) is 6.86. The van der Waals surface area contributed by atoms with E-state index < -0.39 is 6.10 Å². The van der Waals surface area contributed by atoms with Crippen LogP contribution in [0.25, 0.3) is 0 Å². The Morgan fingerprint density at radius 3 is 2.90 bits per heavy atom. The van der Waals surface area contributed by atoms with Crippen molar-refractivity contribution >= 4 is 0 Å². The summed E-state index contributed by atoms with van der Waals surface area (Å²) in [5.41, 5.74) is 6.59. The summed E-state index contributed by atoms with van der Waals surface area (Å²) in [6.07, 6.45) is -0.525. The summed E-state index contributed by atoms with van der Waals surface area (Å²) < 4.78 is 10.8. The van der Waals surface area contributed by atoms with Gasteiger partial charge >= 0.3 is 0 Å². The maximum absolute atomic E-state index is 9.93. The van der Waals surface area contributed by atoms with Gasteiger partial charge in [-0.15, -0.1) is 0 Å². The van der Waals surface area contributed by atoms with Crippen LogP contribution in [-0.4, -0.2) is 56.1 Å². The lowest BCUT2D eigenvalue weighted by molar-refractivity contribution is 0.0613. The highest BCUT2D eigenvalue weighted by molar-refractivity contribution is 5.28. The Bertz CT molecular complexity index is 374. The minimum Gasteiger partial charge on any atom is -0.491 e. The fraction of sp³-hybridized carbons (Fsp3) is 0.600. The normalized spacial score (nSPS) is 12.7. The molecule has 114 valence electrons. The number of ether oxygens (including phenoxy) is 2. The van der Waals surface area contributed by atoms with Gasteiger partial charge < -0.3 is 25.2 Å². The first kappa shape index (κ1) is 16.9. The first-order valence-corrected chi connectivity index (χ1v) is 7.01. The molecule has 0 aliphatic heterocycles. The molecule has 0 heterocycles. The number of aliphatic hydroxyl groups excluding tert-OH is 1. The quantitative estimate of drug-likeness (QED) is 0.623. The van der Waals surface area contributed by atoms with Crippen molar-refractivity contribution in [3.63, 3.8) is 0 Å². The molecule has 0 amide bonds. The highest BCUT2D eigenvalue weighted by atomic mass is 16.5. The van der Waals surface area contributed by atoms with Crippen molar-refractivity contribution < 1.29 is 14.6 Å². The Balaban J connectivity index is 2.26. The number of benzene rings is 1. The van der Waals surface area contributed by atoms with Crippen molar-refractivity contribution in [2.75, 3.05) is 40.0 Å². The van der Waals surface area contributed by atoms with Crippen LogP contribution in [0.5, 0.6) is 5.75 Å². The molecule has 3 N–H and O–H groups in total. The molecule has 5 heteroatoms. The van der Waals surface area contributed by atoms with Crippen LogP contribution < -0.4 is 10.5 Å². The van der Waals surface area contributed by atoms with Gasteiger partial charge in [0.25, 0.3) is 0 Å². The van der Waals surface area contributed by atoms with Crippen LogP contribution in [0.2, 0.25) is 0 Å². The summed E-state index contributed by atoms with van der Waals surface area (Å²) in [5, 5.41) is 9.93. The van der Waals surface area contributed by atoms with Gasteiger partial charge in [-0.05, 0) is 31.7 Å². The molecule has 0 saturated heterocycles. The van der Waals surface area contributed by atoms with E-state index in [9.17, 15) is 5.11 Å². The van der Waals surface area contributed by atoms with E-state index in [0.29, 0.717) is 19.7 Å². The first-order chi connectivity index (χ1) is 9.65. The summed E-state index contributed by atoms with van der Waals surface area (Å²) in [6, 6.07) is 7.61. The Labute approximate surface area is 121 Å². The van der Waals surface area contributed by atoms with Gasteiger partial charge in [0.1, 0.15) is 18.5 Å². The second kappa shape index (κ2) is 9.72. The molecular formula is C15H26N2O3. The summed E-state index contributed by atoms with van der Waals surface area (Å²) >= 11 is 0. The first-order valence-electron chi connectivity index (χ1n) is 7.01. The molecule has 1 unspecified atom stereocenters. The SMILES string of the molecule is CCOCCN(C)CC(O)COc1cccc(CN)c1. The lowest BCUT2D eigenvalue weighted by Gasteiger charge is -2.20. The third-order valence-corrected chi connectivity index (χ3v) is 2.92. The average Bonchev–Trinajstić information content (AvgIpc) is 2.45. The van der Waals surface area contributed by atoms with Gasteiger partial charge in [-0.1, -0.05) is 12.1 Å². The minimum absolute atomic E-state index is 0.271. The number of hydrogen-bond donors (Lipinski definition) is 2. The molecule has 0 spiro atoms. The van der Waals surface area contributed by atoms with Gasteiger partial charge in [0.2, 0.25) is 0 Å². The lowest BCUT2D eigenvalue weighted by Crippen LogP contribution is -2.35. The van der Waals surface area contributed by atoms with Gasteiger partial charge in [0, 0.05) is 26.2 Å². The molecule has 0 radical (unpaired) electrons. The maximum Gasteiger partial charge on any atom is 0.119 e. The monoisotopic (exact) mass is 282 g/mol. The molecular weight excluding hydrogens is 256 g/mol. The van der Waals surface area contributed by atoms with E-state index >= 15 is 0 Å². The summed E-state index contributed by atoms with van der Waals surface area (Å²) in [7, 11) is 1.96. The highest BCUT2D eigenvalue weighted by Gasteiger charge is 2.09. The van der Waals surface area contributed by atoms with E-state index in [2.05, 4.69) is 0 Å². The van der Waals surface area contributed by atoms with E-state index in [4.69, 9.17) is 15.2 Å². The third-order valence-electron chi connectivity index (χ3n) is 2.92. The number of likely N-dealkylation sites (N-methyl/N-ethyl adjacent to an activating group) is 1. The molecule has 5 nitrogen and oxygen atoms in total. The van der Waals surface area contributed by atoms with Crippen molar-refractivity contribution in [2.24, 2.45) is 5.73 Å². The van der Waals surface area contributed by atoms with Crippen LogP contribution in [0.4, 0.5) is 0 Å². The fourth-order valence-electron chi connectivity index (χ4n) is 1.82. The molecule has 0 aliphatic carbocycles. The zero-order chi connectivity index (χ0) is 14.8. The second-order valence-corrected chi connectivity index (χ2v) is 4.78. The predicted octanol–water partition coefficient (Wildman–Crippen LogP) is 0.853. The Hall–Kier alpha value is -1.14. The van der Waals surface area contributed by atoms with Crippen LogP contribution >= 0.6 is 0 Å². The van der Waals surface area contributed by atoms with E-state index in [1.54, 1.807) is 0 Å². The zero-order valence-electron chi connectivity index (χ0n) is 12.4. The minimum atomic E-state index is -0.525. The Morgan fingerprint density at radius 1 is 1.40 bits per heavy atom. The van der Waals surface area contributed by atoms with Crippen LogP contribution in [0.15, 0.2) is 24.3 Å². The van der Waals surface area contributed by atoms with E-state index in [-0.39, 0.29) is 6.61 Å². The fourth-order valence-corrected chi connectivity index (χ4v) is 1.82. The molecule has 0 saturated carbocycles. The van der Waals surface area contributed by atoms with Gasteiger partial charge in [-0.25, -0.2) is 0 Å². The topological polar surface area (TPSA) is 68.0 Å². The zero-order valence-corrected chi connectivity index (χ0v) is 12.4.